The summed E-state index contributed by atoms with van der Waals surface area (Å²) in [6.07, 6.45) is 1.56. The first-order chi connectivity index (χ1) is 8.00. The maximum absolute atomic E-state index is 10.2. The van der Waals surface area contributed by atoms with Gasteiger partial charge in [-0.3, -0.25) is 0 Å². The molecule has 0 spiro atoms. The average Bonchev–Trinajstić information content (AvgIpc) is 2.36. The highest BCUT2D eigenvalue weighted by Crippen LogP contribution is 2.19. The Morgan fingerprint density at radius 2 is 1.65 bits per heavy atom. The van der Waals surface area contributed by atoms with E-state index in [0.717, 1.165) is 18.5 Å². The second kappa shape index (κ2) is 6.06. The van der Waals surface area contributed by atoms with E-state index in [1.54, 1.807) is 0 Å². The van der Waals surface area contributed by atoms with Crippen LogP contribution >= 0.6 is 0 Å². The molecule has 0 unspecified atom stereocenters. The van der Waals surface area contributed by atoms with Crippen molar-refractivity contribution < 1.29 is 5.11 Å². The van der Waals surface area contributed by atoms with Gasteiger partial charge in [-0.1, -0.05) is 39.8 Å². The normalized spacial score (nSPS) is 11.9. The monoisotopic (exact) mass is 235 g/mol. The first-order valence-corrected chi connectivity index (χ1v) is 6.57. The van der Waals surface area contributed by atoms with Crippen molar-refractivity contribution in [1.29, 1.82) is 0 Å². The van der Waals surface area contributed by atoms with E-state index in [2.05, 4.69) is 43.4 Å². The molecule has 0 aliphatic carbocycles. The maximum Gasteiger partial charge on any atom is 0.0814 e. The molecule has 0 aromatic heterocycles. The van der Waals surface area contributed by atoms with Gasteiger partial charge in [-0.05, 0) is 36.5 Å². The molecule has 2 heteroatoms. The summed E-state index contributed by atoms with van der Waals surface area (Å²) in [7, 11) is 0. The molecule has 96 valence electrons. The number of rotatable bonds is 6. The minimum atomic E-state index is -0.587. The lowest BCUT2D eigenvalue weighted by molar-refractivity contribution is 0.0457. The van der Waals surface area contributed by atoms with Gasteiger partial charge in [0.25, 0.3) is 0 Å². The van der Waals surface area contributed by atoms with Gasteiger partial charge in [-0.2, -0.15) is 0 Å². The summed E-state index contributed by atoms with van der Waals surface area (Å²) in [5.41, 5.74) is 1.84. The third kappa shape index (κ3) is 4.04. The summed E-state index contributed by atoms with van der Waals surface area (Å²) >= 11 is 0. The van der Waals surface area contributed by atoms with Crippen LogP contribution in [-0.4, -0.2) is 17.3 Å². The number of hydrogen-bond acceptors (Lipinski definition) is 2. The molecule has 0 amide bonds. The lowest BCUT2D eigenvalue weighted by Crippen LogP contribution is -2.35. The Hall–Kier alpha value is -1.02. The van der Waals surface area contributed by atoms with Crippen LogP contribution in [0.3, 0.4) is 0 Å². The Balaban J connectivity index is 2.58. The minimum Gasteiger partial charge on any atom is -0.388 e. The summed E-state index contributed by atoms with van der Waals surface area (Å²) in [5, 5.41) is 13.5. The van der Waals surface area contributed by atoms with Crippen LogP contribution < -0.4 is 5.32 Å². The average molecular weight is 235 g/mol. The summed E-state index contributed by atoms with van der Waals surface area (Å²) in [5.74, 6) is 0.562. The van der Waals surface area contributed by atoms with Crippen molar-refractivity contribution in [3.63, 3.8) is 0 Å². The van der Waals surface area contributed by atoms with Gasteiger partial charge >= 0.3 is 0 Å². The number of hydrogen-bond donors (Lipinski definition) is 2. The van der Waals surface area contributed by atoms with Crippen molar-refractivity contribution >= 4 is 5.69 Å². The zero-order chi connectivity index (χ0) is 12.9. The Bertz CT molecular complexity index is 325. The number of nitrogens with one attached hydrogen (secondary N) is 1. The standard InChI is InChI=1S/C15H25NO/c1-5-15(17,6-2)11-16-14-9-7-13(8-10-14)12(3)4/h7-10,12,16-17H,5-6,11H2,1-4H3. The topological polar surface area (TPSA) is 32.3 Å². The largest absolute Gasteiger partial charge is 0.388 e. The molecule has 0 bridgehead atoms. The van der Waals surface area contributed by atoms with Crippen LogP contribution in [0.4, 0.5) is 5.69 Å². The Kier molecular flexibility index (Phi) is 5.01. The van der Waals surface area contributed by atoms with E-state index in [1.165, 1.54) is 5.56 Å². The van der Waals surface area contributed by atoms with Crippen molar-refractivity contribution in [1.82, 2.24) is 0 Å². The highest BCUT2D eigenvalue weighted by molar-refractivity contribution is 5.45. The third-order valence-corrected chi connectivity index (χ3v) is 3.52. The van der Waals surface area contributed by atoms with Crippen LogP contribution in [0.2, 0.25) is 0 Å². The highest BCUT2D eigenvalue weighted by atomic mass is 16.3. The maximum atomic E-state index is 10.2. The summed E-state index contributed by atoms with van der Waals surface area (Å²) in [4.78, 5) is 0. The molecule has 1 rings (SSSR count). The van der Waals surface area contributed by atoms with Crippen molar-refractivity contribution in [3.8, 4) is 0 Å². The fraction of sp³-hybridized carbons (Fsp3) is 0.600. The smallest absolute Gasteiger partial charge is 0.0814 e. The van der Waals surface area contributed by atoms with Gasteiger partial charge in [0.05, 0.1) is 5.60 Å². The van der Waals surface area contributed by atoms with E-state index in [9.17, 15) is 5.11 Å². The van der Waals surface area contributed by atoms with Gasteiger partial charge in [0.2, 0.25) is 0 Å². The Morgan fingerprint density at radius 3 is 2.06 bits per heavy atom. The molecule has 1 aromatic carbocycles. The van der Waals surface area contributed by atoms with Crippen LogP contribution in [0.1, 0.15) is 52.0 Å². The molecular weight excluding hydrogens is 210 g/mol. The summed E-state index contributed by atoms with van der Waals surface area (Å²) in [6.45, 7) is 9.03. The number of aliphatic hydroxyl groups is 1. The molecule has 0 saturated carbocycles. The summed E-state index contributed by atoms with van der Waals surface area (Å²) in [6, 6.07) is 8.45. The van der Waals surface area contributed by atoms with Crippen LogP contribution in [0.5, 0.6) is 0 Å². The first-order valence-electron chi connectivity index (χ1n) is 6.57. The zero-order valence-electron chi connectivity index (χ0n) is 11.5. The van der Waals surface area contributed by atoms with Crippen molar-refractivity contribution in [2.45, 2.75) is 52.1 Å². The van der Waals surface area contributed by atoms with Gasteiger partial charge in [0.15, 0.2) is 0 Å². The fourth-order valence-electron chi connectivity index (χ4n) is 1.75. The van der Waals surface area contributed by atoms with Crippen molar-refractivity contribution in [2.75, 3.05) is 11.9 Å². The lowest BCUT2D eigenvalue weighted by atomic mass is 9.97. The number of anilines is 1. The molecule has 2 N–H and O–H groups in total. The molecule has 0 heterocycles. The molecule has 1 aromatic rings. The molecule has 0 aliphatic heterocycles. The van der Waals surface area contributed by atoms with E-state index in [1.807, 2.05) is 13.8 Å². The summed E-state index contributed by atoms with van der Waals surface area (Å²) < 4.78 is 0. The SMILES string of the molecule is CCC(O)(CC)CNc1ccc(C(C)C)cc1. The third-order valence-electron chi connectivity index (χ3n) is 3.52. The second-order valence-corrected chi connectivity index (χ2v) is 5.06. The first kappa shape index (κ1) is 14.0. The van der Waals surface area contributed by atoms with Crippen LogP contribution in [0, 0.1) is 0 Å². The highest BCUT2D eigenvalue weighted by Gasteiger charge is 2.21. The van der Waals surface area contributed by atoms with E-state index in [-0.39, 0.29) is 0 Å². The fourth-order valence-corrected chi connectivity index (χ4v) is 1.75. The van der Waals surface area contributed by atoms with Crippen molar-refractivity contribution in [3.05, 3.63) is 29.8 Å². The molecule has 2 nitrogen and oxygen atoms in total. The Labute approximate surface area is 105 Å². The Morgan fingerprint density at radius 1 is 1.12 bits per heavy atom. The van der Waals surface area contributed by atoms with Gasteiger partial charge in [0, 0.05) is 12.2 Å². The van der Waals surface area contributed by atoms with E-state index < -0.39 is 5.60 Å². The number of benzene rings is 1. The molecule has 17 heavy (non-hydrogen) atoms. The lowest BCUT2D eigenvalue weighted by Gasteiger charge is -2.26. The zero-order valence-corrected chi connectivity index (χ0v) is 11.5. The van der Waals surface area contributed by atoms with Crippen molar-refractivity contribution in [2.24, 2.45) is 0 Å². The predicted octanol–water partition coefficient (Wildman–Crippen LogP) is 3.77. The molecule has 0 aliphatic rings. The van der Waals surface area contributed by atoms with Gasteiger partial charge in [-0.25, -0.2) is 0 Å². The molecule has 0 saturated heterocycles. The quantitative estimate of drug-likeness (QED) is 0.786. The molecule has 0 fully saturated rings. The second-order valence-electron chi connectivity index (χ2n) is 5.06. The van der Waals surface area contributed by atoms with Crippen LogP contribution in [-0.2, 0) is 0 Å². The van der Waals surface area contributed by atoms with Gasteiger partial charge in [0.1, 0.15) is 0 Å². The van der Waals surface area contributed by atoms with Crippen LogP contribution in [0.15, 0.2) is 24.3 Å². The van der Waals surface area contributed by atoms with Crippen LogP contribution in [0.25, 0.3) is 0 Å². The van der Waals surface area contributed by atoms with E-state index in [0.29, 0.717) is 12.5 Å². The molecular formula is C15H25NO. The van der Waals surface area contributed by atoms with Gasteiger partial charge in [-0.15, -0.1) is 0 Å². The minimum absolute atomic E-state index is 0.562. The molecule has 0 radical (unpaired) electrons. The van der Waals surface area contributed by atoms with Gasteiger partial charge < -0.3 is 10.4 Å². The van der Waals surface area contributed by atoms with E-state index >= 15 is 0 Å². The predicted molar refractivity (Wildman–Crippen MR) is 74.6 cm³/mol. The molecule has 0 atom stereocenters. The van der Waals surface area contributed by atoms with E-state index in [4.69, 9.17) is 0 Å².